The number of rotatable bonds is 3. The Hall–Kier alpha value is -2.21. The first kappa shape index (κ1) is 14.7. The fourth-order valence-electron chi connectivity index (χ4n) is 2.86. The summed E-state index contributed by atoms with van der Waals surface area (Å²) in [6.45, 7) is -0.266. The number of hydrogen-bond donors (Lipinski definition) is 1. The first-order chi connectivity index (χ1) is 10.6. The topological polar surface area (TPSA) is 62.7 Å². The Morgan fingerprint density at radius 2 is 2.27 bits per heavy atom. The number of hydrogen-bond acceptors (Lipinski definition) is 4. The average Bonchev–Trinajstić information content (AvgIpc) is 2.94. The quantitative estimate of drug-likeness (QED) is 0.939. The Morgan fingerprint density at radius 1 is 1.50 bits per heavy atom. The Bertz CT molecular complexity index is 707. The first-order valence-corrected chi connectivity index (χ1v) is 7.13. The van der Waals surface area contributed by atoms with Crippen LogP contribution >= 0.6 is 0 Å². The molecule has 5 nitrogen and oxygen atoms in total. The van der Waals surface area contributed by atoms with Crippen LogP contribution in [0.3, 0.4) is 0 Å². The van der Waals surface area contributed by atoms with Gasteiger partial charge in [-0.25, -0.2) is 9.37 Å². The summed E-state index contributed by atoms with van der Waals surface area (Å²) in [5.41, 5.74) is 0.197. The molecular formula is C16H17FN2O3. The van der Waals surface area contributed by atoms with E-state index in [1.165, 1.54) is 12.0 Å². The van der Waals surface area contributed by atoms with Gasteiger partial charge in [-0.15, -0.1) is 0 Å². The van der Waals surface area contributed by atoms with Crippen LogP contribution < -0.4 is 4.74 Å². The van der Waals surface area contributed by atoms with Crippen LogP contribution in [-0.4, -0.2) is 53.4 Å². The molecule has 1 saturated heterocycles. The van der Waals surface area contributed by atoms with Gasteiger partial charge >= 0.3 is 0 Å². The number of ether oxygens (including phenoxy) is 1. The van der Waals surface area contributed by atoms with Crippen molar-refractivity contribution in [3.63, 3.8) is 0 Å². The number of benzene rings is 1. The molecule has 0 aliphatic carbocycles. The highest BCUT2D eigenvalue weighted by Gasteiger charge is 2.36. The van der Waals surface area contributed by atoms with Crippen LogP contribution in [0, 0.1) is 0 Å². The van der Waals surface area contributed by atoms with Crippen LogP contribution in [0.2, 0.25) is 0 Å². The van der Waals surface area contributed by atoms with Crippen molar-refractivity contribution >= 4 is 16.7 Å². The maximum atomic E-state index is 13.5. The highest BCUT2D eigenvalue weighted by molar-refractivity contribution is 5.98. The summed E-state index contributed by atoms with van der Waals surface area (Å²) < 4.78 is 18.8. The van der Waals surface area contributed by atoms with E-state index in [0.29, 0.717) is 5.88 Å². The van der Waals surface area contributed by atoms with Crippen LogP contribution in [0.25, 0.3) is 10.8 Å². The third-order valence-electron chi connectivity index (χ3n) is 3.95. The summed E-state index contributed by atoms with van der Waals surface area (Å²) >= 11 is 0. The van der Waals surface area contributed by atoms with Gasteiger partial charge in [-0.1, -0.05) is 18.2 Å². The molecule has 116 valence electrons. The molecule has 1 aliphatic rings. The van der Waals surface area contributed by atoms with Crippen molar-refractivity contribution < 1.29 is 19.0 Å². The second-order valence-corrected chi connectivity index (χ2v) is 5.36. The molecular weight excluding hydrogens is 287 g/mol. The molecule has 1 amide bonds. The Kier molecular flexibility index (Phi) is 3.94. The SMILES string of the molecule is COc1nc(C(=O)N2C[C@@H](F)C[C@H]2CO)cc2ccccc12. The predicted molar refractivity (Wildman–Crippen MR) is 79.7 cm³/mol. The number of likely N-dealkylation sites (tertiary alicyclic amines) is 1. The summed E-state index contributed by atoms with van der Waals surface area (Å²) in [5, 5.41) is 11.0. The normalized spacial score (nSPS) is 21.3. The monoisotopic (exact) mass is 304 g/mol. The second-order valence-electron chi connectivity index (χ2n) is 5.36. The zero-order chi connectivity index (χ0) is 15.7. The molecule has 0 saturated carbocycles. The number of aliphatic hydroxyl groups excluding tert-OH is 1. The molecule has 1 aromatic carbocycles. The third kappa shape index (κ3) is 2.50. The highest BCUT2D eigenvalue weighted by atomic mass is 19.1. The summed E-state index contributed by atoms with van der Waals surface area (Å²) in [4.78, 5) is 18.2. The number of fused-ring (bicyclic) bond motifs is 1. The molecule has 0 unspecified atom stereocenters. The van der Waals surface area contributed by atoms with Crippen molar-refractivity contribution in [1.29, 1.82) is 0 Å². The van der Waals surface area contributed by atoms with E-state index in [1.54, 1.807) is 6.07 Å². The minimum absolute atomic E-state index is 0.0130. The van der Waals surface area contributed by atoms with Crippen molar-refractivity contribution in [2.45, 2.75) is 18.6 Å². The maximum absolute atomic E-state index is 13.5. The van der Waals surface area contributed by atoms with Gasteiger partial charge in [0.1, 0.15) is 11.9 Å². The van der Waals surface area contributed by atoms with Crippen molar-refractivity contribution in [3.05, 3.63) is 36.0 Å². The predicted octanol–water partition coefficient (Wildman–Crippen LogP) is 1.79. The number of pyridine rings is 1. The van der Waals surface area contributed by atoms with Crippen LogP contribution in [0.5, 0.6) is 5.88 Å². The molecule has 6 heteroatoms. The Balaban J connectivity index is 2.00. The molecule has 3 rings (SSSR count). The van der Waals surface area contributed by atoms with Crippen LogP contribution in [-0.2, 0) is 0 Å². The summed E-state index contributed by atoms with van der Waals surface area (Å²) in [6.07, 6.45) is -0.948. The Labute approximate surface area is 127 Å². The first-order valence-electron chi connectivity index (χ1n) is 7.13. The number of methoxy groups -OCH3 is 1. The number of aliphatic hydroxyl groups is 1. The molecule has 2 heterocycles. The summed E-state index contributed by atoms with van der Waals surface area (Å²) in [6, 6.07) is 8.62. The van der Waals surface area contributed by atoms with Gasteiger partial charge in [0.2, 0.25) is 5.88 Å². The van der Waals surface area contributed by atoms with E-state index in [1.807, 2.05) is 24.3 Å². The lowest BCUT2D eigenvalue weighted by atomic mass is 10.1. The third-order valence-corrected chi connectivity index (χ3v) is 3.95. The van der Waals surface area contributed by atoms with E-state index in [2.05, 4.69) is 4.98 Å². The molecule has 22 heavy (non-hydrogen) atoms. The Morgan fingerprint density at radius 3 is 3.00 bits per heavy atom. The largest absolute Gasteiger partial charge is 0.481 e. The van der Waals surface area contributed by atoms with Gasteiger partial charge in [0.25, 0.3) is 5.91 Å². The van der Waals surface area contributed by atoms with Crippen molar-refractivity contribution in [2.24, 2.45) is 0 Å². The van der Waals surface area contributed by atoms with E-state index in [-0.39, 0.29) is 31.2 Å². The number of aromatic nitrogens is 1. The molecule has 0 spiro atoms. The lowest BCUT2D eigenvalue weighted by Gasteiger charge is -2.22. The number of carbonyl (C=O) groups excluding carboxylic acids is 1. The average molecular weight is 304 g/mol. The van der Waals surface area contributed by atoms with E-state index in [0.717, 1.165) is 10.8 Å². The number of carbonyl (C=O) groups is 1. The zero-order valence-electron chi connectivity index (χ0n) is 12.2. The van der Waals surface area contributed by atoms with E-state index in [9.17, 15) is 14.3 Å². The van der Waals surface area contributed by atoms with Crippen molar-refractivity contribution in [2.75, 3.05) is 20.3 Å². The minimum Gasteiger partial charge on any atom is -0.481 e. The highest BCUT2D eigenvalue weighted by Crippen LogP contribution is 2.27. The lowest BCUT2D eigenvalue weighted by molar-refractivity contribution is 0.0666. The van der Waals surface area contributed by atoms with Crippen LogP contribution in [0.4, 0.5) is 4.39 Å². The van der Waals surface area contributed by atoms with Gasteiger partial charge in [-0.2, -0.15) is 0 Å². The number of alkyl halides is 1. The van der Waals surface area contributed by atoms with Crippen molar-refractivity contribution in [3.8, 4) is 5.88 Å². The molecule has 0 radical (unpaired) electrons. The summed E-state index contributed by atoms with van der Waals surface area (Å²) in [5.74, 6) is -0.0266. The van der Waals surface area contributed by atoms with Gasteiger partial charge in [-0.3, -0.25) is 4.79 Å². The smallest absolute Gasteiger partial charge is 0.273 e. The van der Waals surface area contributed by atoms with E-state index in [4.69, 9.17) is 4.74 Å². The number of amides is 1. The number of nitrogens with zero attached hydrogens (tertiary/aromatic N) is 2. The van der Waals surface area contributed by atoms with Gasteiger partial charge in [0.05, 0.1) is 26.3 Å². The van der Waals surface area contributed by atoms with Gasteiger partial charge in [0, 0.05) is 11.8 Å². The fraction of sp³-hybridized carbons (Fsp3) is 0.375. The van der Waals surface area contributed by atoms with Crippen LogP contribution in [0.1, 0.15) is 16.9 Å². The minimum atomic E-state index is -1.11. The number of halogens is 1. The zero-order valence-corrected chi connectivity index (χ0v) is 12.2. The van der Waals surface area contributed by atoms with Crippen molar-refractivity contribution in [1.82, 2.24) is 9.88 Å². The maximum Gasteiger partial charge on any atom is 0.273 e. The van der Waals surface area contributed by atoms with Crippen LogP contribution in [0.15, 0.2) is 30.3 Å². The molecule has 2 aromatic rings. The van der Waals surface area contributed by atoms with Gasteiger partial charge in [-0.05, 0) is 17.5 Å². The molecule has 1 aromatic heterocycles. The van der Waals surface area contributed by atoms with E-state index >= 15 is 0 Å². The summed E-state index contributed by atoms with van der Waals surface area (Å²) in [7, 11) is 1.49. The molecule has 1 aliphatic heterocycles. The van der Waals surface area contributed by atoms with Gasteiger partial charge < -0.3 is 14.7 Å². The lowest BCUT2D eigenvalue weighted by Crippen LogP contribution is -2.38. The van der Waals surface area contributed by atoms with Gasteiger partial charge in [0.15, 0.2) is 0 Å². The molecule has 1 N–H and O–H groups in total. The molecule has 0 bridgehead atoms. The van der Waals surface area contributed by atoms with E-state index < -0.39 is 12.2 Å². The molecule has 2 atom stereocenters. The molecule has 1 fully saturated rings. The standard InChI is InChI=1S/C16H17FN2O3/c1-22-15-13-5-3-2-4-10(13)6-14(18-15)16(21)19-8-11(17)7-12(19)9-20/h2-6,11-12,20H,7-9H2,1H3/t11-,12-/m0/s1. The fourth-order valence-corrected chi connectivity index (χ4v) is 2.86. The second kappa shape index (κ2) is 5.88.